The fraction of sp³-hybridized carbons (Fsp3) is 0.353. The highest BCUT2D eigenvalue weighted by Crippen LogP contribution is 2.23. The maximum absolute atomic E-state index is 12.1. The number of carbonyl (C=O) groups is 2. The Bertz CT molecular complexity index is 657. The summed E-state index contributed by atoms with van der Waals surface area (Å²) in [5.74, 6) is 0.0212. The average Bonchev–Trinajstić information content (AvgIpc) is 3.11. The van der Waals surface area contributed by atoms with Crippen molar-refractivity contribution in [3.63, 3.8) is 0 Å². The Morgan fingerprint density at radius 1 is 1.33 bits per heavy atom. The van der Waals surface area contributed by atoms with Crippen LogP contribution in [0.15, 0.2) is 40.1 Å². The zero-order valence-electron chi connectivity index (χ0n) is 13.7. The minimum absolute atomic E-state index is 0.277. The molecule has 1 aromatic carbocycles. The van der Waals surface area contributed by atoms with Crippen LogP contribution in [0.4, 0.5) is 0 Å². The molecule has 1 amide bonds. The van der Waals surface area contributed by atoms with Gasteiger partial charge < -0.3 is 10.1 Å². The summed E-state index contributed by atoms with van der Waals surface area (Å²) >= 11 is 3.23. The topological polar surface area (TPSA) is 68.3 Å². The van der Waals surface area contributed by atoms with Gasteiger partial charge in [0.2, 0.25) is 0 Å². The van der Waals surface area contributed by atoms with Crippen LogP contribution in [0.2, 0.25) is 0 Å². The smallest absolute Gasteiger partial charge is 0.338 e. The van der Waals surface area contributed by atoms with Gasteiger partial charge in [-0.3, -0.25) is 4.79 Å². The van der Waals surface area contributed by atoms with Crippen LogP contribution in [-0.4, -0.2) is 29.5 Å². The second-order valence-corrected chi connectivity index (χ2v) is 6.90. The lowest BCUT2D eigenvalue weighted by Gasteiger charge is -2.13. The molecule has 1 unspecified atom stereocenters. The Labute approximate surface area is 149 Å². The molecule has 0 aliphatic carbocycles. The van der Waals surface area contributed by atoms with Crippen LogP contribution < -0.4 is 5.32 Å². The Morgan fingerprint density at radius 2 is 2.08 bits per heavy atom. The molecule has 1 N–H and O–H groups in total. The van der Waals surface area contributed by atoms with Crippen LogP contribution in [0.25, 0.3) is 0 Å². The van der Waals surface area contributed by atoms with Gasteiger partial charge in [-0.15, -0.1) is 23.1 Å². The first-order valence-electron chi connectivity index (χ1n) is 7.68. The van der Waals surface area contributed by atoms with E-state index < -0.39 is 12.1 Å². The van der Waals surface area contributed by atoms with Crippen LogP contribution >= 0.6 is 23.1 Å². The van der Waals surface area contributed by atoms with E-state index in [0.717, 1.165) is 22.8 Å². The lowest BCUT2D eigenvalue weighted by molar-refractivity contribution is -0.129. The van der Waals surface area contributed by atoms with E-state index in [1.807, 2.05) is 29.9 Å². The maximum atomic E-state index is 12.1. The van der Waals surface area contributed by atoms with Crippen molar-refractivity contribution in [2.45, 2.75) is 37.0 Å². The lowest BCUT2D eigenvalue weighted by Crippen LogP contribution is -2.36. The quantitative estimate of drug-likeness (QED) is 0.573. The number of aromatic nitrogens is 1. The minimum Gasteiger partial charge on any atom is -0.449 e. The van der Waals surface area contributed by atoms with Gasteiger partial charge in [0.1, 0.15) is 0 Å². The molecule has 5 nitrogen and oxygen atoms in total. The van der Waals surface area contributed by atoms with Crippen LogP contribution in [0.3, 0.4) is 0 Å². The third kappa shape index (κ3) is 5.65. The van der Waals surface area contributed by atoms with Crippen molar-refractivity contribution >= 4 is 35.0 Å². The van der Waals surface area contributed by atoms with E-state index in [-0.39, 0.29) is 5.91 Å². The largest absolute Gasteiger partial charge is 0.449 e. The number of nitrogens with zero attached hydrogens (tertiary/aromatic N) is 1. The zero-order valence-corrected chi connectivity index (χ0v) is 15.3. The number of hydrogen-bond acceptors (Lipinski definition) is 6. The number of thiazole rings is 1. The molecular formula is C17H20N2O3S2. The van der Waals surface area contributed by atoms with E-state index in [4.69, 9.17) is 4.74 Å². The van der Waals surface area contributed by atoms with Crippen molar-refractivity contribution in [2.75, 3.05) is 6.54 Å². The van der Waals surface area contributed by atoms with E-state index in [2.05, 4.69) is 10.3 Å². The van der Waals surface area contributed by atoms with Crippen molar-refractivity contribution in [2.24, 2.45) is 0 Å². The van der Waals surface area contributed by atoms with Crippen LogP contribution in [0.5, 0.6) is 0 Å². The van der Waals surface area contributed by atoms with E-state index in [1.54, 1.807) is 42.2 Å². The molecule has 2 aromatic rings. The number of rotatable bonds is 8. The monoisotopic (exact) mass is 364 g/mol. The van der Waals surface area contributed by atoms with Gasteiger partial charge in [-0.2, -0.15) is 0 Å². The summed E-state index contributed by atoms with van der Waals surface area (Å²) in [5.41, 5.74) is 3.29. The Kier molecular flexibility index (Phi) is 7.27. The molecule has 1 aromatic heterocycles. The highest BCUT2D eigenvalue weighted by molar-refractivity contribution is 7.98. The molecule has 0 radical (unpaired) electrons. The van der Waals surface area contributed by atoms with Crippen molar-refractivity contribution in [1.29, 1.82) is 0 Å². The highest BCUT2D eigenvalue weighted by atomic mass is 32.2. The number of hydrogen-bond donors (Lipinski definition) is 1. The van der Waals surface area contributed by atoms with Gasteiger partial charge >= 0.3 is 5.97 Å². The molecule has 2 rings (SSSR count). The van der Waals surface area contributed by atoms with Gasteiger partial charge in [0, 0.05) is 22.6 Å². The normalized spacial score (nSPS) is 11.8. The SMILES string of the molecule is CCCNC(=O)C(C)OC(=O)c1ccc(SCc2cscn2)cc1. The van der Waals surface area contributed by atoms with Gasteiger partial charge in [0.15, 0.2) is 6.10 Å². The van der Waals surface area contributed by atoms with Gasteiger partial charge in [0.25, 0.3) is 5.91 Å². The number of nitrogens with one attached hydrogen (secondary N) is 1. The van der Waals surface area contributed by atoms with E-state index in [0.29, 0.717) is 12.1 Å². The summed E-state index contributed by atoms with van der Waals surface area (Å²) in [6.45, 7) is 4.11. The molecule has 24 heavy (non-hydrogen) atoms. The summed E-state index contributed by atoms with van der Waals surface area (Å²) in [7, 11) is 0. The molecule has 0 aliphatic rings. The molecule has 0 fully saturated rings. The summed E-state index contributed by atoms with van der Waals surface area (Å²) in [4.78, 5) is 29.1. The predicted octanol–water partition coefficient (Wildman–Crippen LogP) is 3.51. The minimum atomic E-state index is -0.803. The third-order valence-corrected chi connectivity index (χ3v) is 4.84. The fourth-order valence-corrected chi connectivity index (χ4v) is 3.29. The molecular weight excluding hydrogens is 344 g/mol. The summed E-state index contributed by atoms with van der Waals surface area (Å²) < 4.78 is 5.19. The number of thioether (sulfide) groups is 1. The first-order valence-corrected chi connectivity index (χ1v) is 9.61. The van der Waals surface area contributed by atoms with Crippen LogP contribution in [0.1, 0.15) is 36.3 Å². The second kappa shape index (κ2) is 9.44. The van der Waals surface area contributed by atoms with E-state index in [1.165, 1.54) is 0 Å². The number of amides is 1. The molecule has 0 saturated heterocycles. The number of benzene rings is 1. The first kappa shape index (κ1) is 18.5. The van der Waals surface area contributed by atoms with Crippen molar-refractivity contribution < 1.29 is 14.3 Å². The zero-order chi connectivity index (χ0) is 17.4. The molecule has 0 aliphatic heterocycles. The predicted molar refractivity (Wildman–Crippen MR) is 96.3 cm³/mol. The first-order chi connectivity index (χ1) is 11.6. The molecule has 1 heterocycles. The van der Waals surface area contributed by atoms with Gasteiger partial charge in [-0.25, -0.2) is 9.78 Å². The van der Waals surface area contributed by atoms with E-state index in [9.17, 15) is 9.59 Å². The van der Waals surface area contributed by atoms with Crippen molar-refractivity contribution in [1.82, 2.24) is 10.3 Å². The molecule has 1 atom stereocenters. The summed E-state index contributed by atoms with van der Waals surface area (Å²) in [6, 6.07) is 7.16. The number of carbonyl (C=O) groups excluding carboxylic acids is 2. The van der Waals surface area contributed by atoms with Gasteiger partial charge in [-0.05, 0) is 37.6 Å². The summed E-state index contributed by atoms with van der Waals surface area (Å²) in [6.07, 6.45) is 0.0367. The molecule has 0 spiro atoms. The maximum Gasteiger partial charge on any atom is 0.338 e. The Hall–Kier alpha value is -1.86. The molecule has 0 saturated carbocycles. The Morgan fingerprint density at radius 3 is 2.71 bits per heavy atom. The third-order valence-electron chi connectivity index (χ3n) is 3.16. The standard InChI is InChI=1S/C17H20N2O3S2/c1-3-8-18-16(20)12(2)22-17(21)13-4-6-15(7-5-13)24-10-14-9-23-11-19-14/h4-7,9,11-12H,3,8,10H2,1-2H3,(H,18,20). The molecule has 128 valence electrons. The van der Waals surface area contributed by atoms with Crippen LogP contribution in [0, 0.1) is 0 Å². The van der Waals surface area contributed by atoms with Crippen molar-refractivity contribution in [3.8, 4) is 0 Å². The average molecular weight is 364 g/mol. The van der Waals surface area contributed by atoms with Crippen molar-refractivity contribution in [3.05, 3.63) is 46.4 Å². The molecule has 7 heteroatoms. The Balaban J connectivity index is 1.85. The number of esters is 1. The summed E-state index contributed by atoms with van der Waals surface area (Å²) in [5, 5.41) is 4.72. The van der Waals surface area contributed by atoms with Gasteiger partial charge in [0.05, 0.1) is 16.8 Å². The second-order valence-electron chi connectivity index (χ2n) is 5.13. The van der Waals surface area contributed by atoms with Crippen LogP contribution in [-0.2, 0) is 15.3 Å². The lowest BCUT2D eigenvalue weighted by atomic mass is 10.2. The number of ether oxygens (including phenoxy) is 1. The molecule has 0 bridgehead atoms. The van der Waals surface area contributed by atoms with E-state index >= 15 is 0 Å². The van der Waals surface area contributed by atoms with Gasteiger partial charge in [-0.1, -0.05) is 6.92 Å². The highest BCUT2D eigenvalue weighted by Gasteiger charge is 2.18. The fourth-order valence-electron chi connectivity index (χ4n) is 1.83.